The summed E-state index contributed by atoms with van der Waals surface area (Å²) in [4.78, 5) is 15.3. The zero-order valence-corrected chi connectivity index (χ0v) is 12.5. The number of carbonyl (C=O) groups is 1. The van der Waals surface area contributed by atoms with Crippen molar-refractivity contribution in [1.29, 1.82) is 0 Å². The lowest BCUT2D eigenvalue weighted by Gasteiger charge is -2.22. The molecule has 1 aromatic rings. The molecule has 0 spiro atoms. The number of carbonyl (C=O) groups excluding carboxylic acids is 1. The molecule has 1 aromatic carbocycles. The van der Waals surface area contributed by atoms with Crippen LogP contribution >= 0.6 is 11.8 Å². The summed E-state index contributed by atoms with van der Waals surface area (Å²) in [6, 6.07) is 7.65. The number of methoxy groups -OCH3 is 2. The molecule has 0 aliphatic carbocycles. The normalized spacial score (nSPS) is 10.5. The second kappa shape index (κ2) is 8.96. The lowest BCUT2D eigenvalue weighted by atomic mass is 10.2. The predicted molar refractivity (Wildman–Crippen MR) is 77.9 cm³/mol. The Hall–Kier alpha value is -1.04. The van der Waals surface area contributed by atoms with E-state index in [2.05, 4.69) is 0 Å². The van der Waals surface area contributed by atoms with E-state index < -0.39 is 0 Å². The fourth-order valence-corrected chi connectivity index (χ4v) is 2.04. The van der Waals surface area contributed by atoms with E-state index in [0.717, 1.165) is 4.90 Å². The van der Waals surface area contributed by atoms with Gasteiger partial charge in [0.25, 0.3) is 5.91 Å². The van der Waals surface area contributed by atoms with E-state index in [1.165, 1.54) is 0 Å². The Morgan fingerprint density at radius 3 is 2.05 bits per heavy atom. The SMILES string of the molecule is COCCN(CCOC)C(=O)c1ccc(SC)cc1. The van der Waals surface area contributed by atoms with Gasteiger partial charge in [-0.1, -0.05) is 0 Å². The highest BCUT2D eigenvalue weighted by Crippen LogP contribution is 2.15. The van der Waals surface area contributed by atoms with Crippen LogP contribution in [-0.2, 0) is 9.47 Å². The number of hydrogen-bond acceptors (Lipinski definition) is 4. The molecule has 0 unspecified atom stereocenters. The number of nitrogens with zero attached hydrogens (tertiary/aromatic N) is 1. The Kier molecular flexibility index (Phi) is 7.55. The first-order valence-electron chi connectivity index (χ1n) is 6.14. The molecule has 0 bridgehead atoms. The van der Waals surface area contributed by atoms with Crippen molar-refractivity contribution in [3.05, 3.63) is 29.8 Å². The molecule has 0 N–H and O–H groups in total. The maximum Gasteiger partial charge on any atom is 0.254 e. The molecule has 0 fully saturated rings. The maximum atomic E-state index is 12.4. The Bertz CT molecular complexity index is 373. The molecule has 0 heterocycles. The summed E-state index contributed by atoms with van der Waals surface area (Å²) >= 11 is 1.66. The Morgan fingerprint density at radius 1 is 1.11 bits per heavy atom. The number of benzene rings is 1. The number of rotatable bonds is 8. The van der Waals surface area contributed by atoms with Gasteiger partial charge in [0.1, 0.15) is 0 Å². The third-order valence-corrected chi connectivity index (χ3v) is 3.50. The van der Waals surface area contributed by atoms with Crippen molar-refractivity contribution in [2.24, 2.45) is 0 Å². The summed E-state index contributed by atoms with van der Waals surface area (Å²) in [5.74, 6) is 0.0155. The first-order chi connectivity index (χ1) is 9.22. The van der Waals surface area contributed by atoms with E-state index in [9.17, 15) is 4.79 Å². The molecule has 106 valence electrons. The largest absolute Gasteiger partial charge is 0.383 e. The van der Waals surface area contributed by atoms with Crippen molar-refractivity contribution >= 4 is 17.7 Å². The van der Waals surface area contributed by atoms with Crippen molar-refractivity contribution in [3.8, 4) is 0 Å². The number of hydrogen-bond donors (Lipinski definition) is 0. The molecule has 0 aromatic heterocycles. The zero-order chi connectivity index (χ0) is 14.1. The predicted octanol–water partition coefficient (Wildman–Crippen LogP) is 2.14. The molecular weight excluding hydrogens is 262 g/mol. The van der Waals surface area contributed by atoms with Crippen LogP contribution < -0.4 is 0 Å². The summed E-state index contributed by atoms with van der Waals surface area (Å²) in [7, 11) is 3.26. The highest BCUT2D eigenvalue weighted by atomic mass is 32.2. The first kappa shape index (κ1) is 16.0. The third kappa shape index (κ3) is 5.22. The van der Waals surface area contributed by atoms with Crippen LogP contribution in [0, 0.1) is 0 Å². The van der Waals surface area contributed by atoms with Crippen LogP contribution in [0.4, 0.5) is 0 Å². The smallest absolute Gasteiger partial charge is 0.254 e. The topological polar surface area (TPSA) is 38.8 Å². The van der Waals surface area contributed by atoms with Gasteiger partial charge in [0, 0.05) is 37.8 Å². The zero-order valence-electron chi connectivity index (χ0n) is 11.7. The van der Waals surface area contributed by atoms with Crippen LogP contribution in [0.2, 0.25) is 0 Å². The van der Waals surface area contributed by atoms with Crippen LogP contribution in [-0.4, -0.2) is 57.6 Å². The molecule has 0 aliphatic heterocycles. The van der Waals surface area contributed by atoms with E-state index in [0.29, 0.717) is 31.9 Å². The van der Waals surface area contributed by atoms with Gasteiger partial charge in [-0.25, -0.2) is 0 Å². The molecule has 0 atom stereocenters. The van der Waals surface area contributed by atoms with Crippen LogP contribution in [0.3, 0.4) is 0 Å². The quantitative estimate of drug-likeness (QED) is 0.685. The molecule has 4 nitrogen and oxygen atoms in total. The summed E-state index contributed by atoms with van der Waals surface area (Å²) in [5, 5.41) is 0. The monoisotopic (exact) mass is 283 g/mol. The molecule has 1 amide bonds. The van der Waals surface area contributed by atoms with Gasteiger partial charge in [-0.2, -0.15) is 0 Å². The number of thioether (sulfide) groups is 1. The molecule has 0 radical (unpaired) electrons. The van der Waals surface area contributed by atoms with Crippen LogP contribution in [0.5, 0.6) is 0 Å². The Morgan fingerprint density at radius 2 is 1.63 bits per heavy atom. The van der Waals surface area contributed by atoms with Gasteiger partial charge in [-0.05, 0) is 30.5 Å². The lowest BCUT2D eigenvalue weighted by Crippen LogP contribution is -2.36. The van der Waals surface area contributed by atoms with Gasteiger partial charge in [-0.3, -0.25) is 4.79 Å². The molecule has 0 saturated carbocycles. The summed E-state index contributed by atoms with van der Waals surface area (Å²) in [6.07, 6.45) is 2.01. The number of ether oxygens (including phenoxy) is 2. The summed E-state index contributed by atoms with van der Waals surface area (Å²) in [5.41, 5.74) is 0.699. The van der Waals surface area contributed by atoms with Crippen molar-refractivity contribution in [2.45, 2.75) is 4.90 Å². The molecular formula is C14H21NO3S. The lowest BCUT2D eigenvalue weighted by molar-refractivity contribution is 0.0627. The Labute approximate surface area is 119 Å². The first-order valence-corrected chi connectivity index (χ1v) is 7.36. The van der Waals surface area contributed by atoms with Gasteiger partial charge in [0.2, 0.25) is 0 Å². The molecule has 19 heavy (non-hydrogen) atoms. The molecule has 0 saturated heterocycles. The minimum atomic E-state index is 0.0155. The Balaban J connectivity index is 2.72. The van der Waals surface area contributed by atoms with Crippen LogP contribution in [0.25, 0.3) is 0 Å². The van der Waals surface area contributed by atoms with E-state index in [1.54, 1.807) is 30.9 Å². The van der Waals surface area contributed by atoms with Crippen LogP contribution in [0.15, 0.2) is 29.2 Å². The van der Waals surface area contributed by atoms with Gasteiger partial charge < -0.3 is 14.4 Å². The highest BCUT2D eigenvalue weighted by Gasteiger charge is 2.15. The van der Waals surface area contributed by atoms with E-state index in [4.69, 9.17) is 9.47 Å². The minimum absolute atomic E-state index is 0.0155. The van der Waals surface area contributed by atoms with Gasteiger partial charge >= 0.3 is 0 Å². The summed E-state index contributed by atoms with van der Waals surface area (Å²) in [6.45, 7) is 2.20. The minimum Gasteiger partial charge on any atom is -0.383 e. The highest BCUT2D eigenvalue weighted by molar-refractivity contribution is 7.98. The van der Waals surface area contributed by atoms with Crippen molar-refractivity contribution in [2.75, 3.05) is 46.8 Å². The average Bonchev–Trinajstić information content (AvgIpc) is 2.47. The third-order valence-electron chi connectivity index (χ3n) is 2.75. The van der Waals surface area contributed by atoms with Crippen molar-refractivity contribution < 1.29 is 14.3 Å². The van der Waals surface area contributed by atoms with E-state index in [-0.39, 0.29) is 5.91 Å². The summed E-state index contributed by atoms with van der Waals surface area (Å²) < 4.78 is 10.1. The standard InChI is InChI=1S/C14H21NO3S/c1-17-10-8-15(9-11-18-2)14(16)12-4-6-13(19-3)7-5-12/h4-7H,8-11H2,1-3H3. The molecule has 1 rings (SSSR count). The number of amides is 1. The van der Waals surface area contributed by atoms with Gasteiger partial charge in [-0.15, -0.1) is 11.8 Å². The van der Waals surface area contributed by atoms with E-state index in [1.807, 2.05) is 30.5 Å². The molecule has 5 heteroatoms. The maximum absolute atomic E-state index is 12.4. The fraction of sp³-hybridized carbons (Fsp3) is 0.500. The fourth-order valence-electron chi connectivity index (χ4n) is 1.63. The van der Waals surface area contributed by atoms with Crippen LogP contribution in [0.1, 0.15) is 10.4 Å². The van der Waals surface area contributed by atoms with Crippen molar-refractivity contribution in [1.82, 2.24) is 4.90 Å². The van der Waals surface area contributed by atoms with Gasteiger partial charge in [0.05, 0.1) is 13.2 Å². The average molecular weight is 283 g/mol. The van der Waals surface area contributed by atoms with Gasteiger partial charge in [0.15, 0.2) is 0 Å². The molecule has 0 aliphatic rings. The second-order valence-corrected chi connectivity index (χ2v) is 4.89. The van der Waals surface area contributed by atoms with E-state index >= 15 is 0 Å². The van der Waals surface area contributed by atoms with Crippen molar-refractivity contribution in [3.63, 3.8) is 0 Å². The second-order valence-electron chi connectivity index (χ2n) is 4.01.